The van der Waals surface area contributed by atoms with E-state index >= 15 is 0 Å². The highest BCUT2D eigenvalue weighted by molar-refractivity contribution is 6.39. The van der Waals surface area contributed by atoms with Gasteiger partial charge < -0.3 is 14.2 Å². The number of anilines is 1. The van der Waals surface area contributed by atoms with Crippen molar-refractivity contribution in [2.45, 2.75) is 26.7 Å². The lowest BCUT2D eigenvalue weighted by Crippen LogP contribution is -2.54. The first kappa shape index (κ1) is 24.5. The van der Waals surface area contributed by atoms with E-state index in [-0.39, 0.29) is 16.8 Å². The maximum absolute atomic E-state index is 13.1. The van der Waals surface area contributed by atoms with E-state index in [0.29, 0.717) is 30.3 Å². The molecule has 1 fully saturated rings. The van der Waals surface area contributed by atoms with E-state index in [2.05, 4.69) is 17.0 Å². The number of carbonyl (C=O) groups excluding carboxylic acids is 4. The van der Waals surface area contributed by atoms with Crippen LogP contribution in [-0.2, 0) is 14.3 Å². The second-order valence-electron chi connectivity index (χ2n) is 7.34. The molecule has 9 heteroatoms. The normalized spacial score (nSPS) is 14.7. The second kappa shape index (κ2) is 11.1. The summed E-state index contributed by atoms with van der Waals surface area (Å²) in [5.74, 6) is -1.09. The number of carbonyl (C=O) groups is 4. The van der Waals surface area contributed by atoms with E-state index in [4.69, 9.17) is 9.47 Å². The van der Waals surface area contributed by atoms with Crippen LogP contribution in [-0.4, -0.2) is 44.1 Å². The average Bonchev–Trinajstić information content (AvgIpc) is 2.83. The molecular formula is C25H26N2O7. The standard InChI is InChI=1S/C25H26N2O7/c1-4-6-13-34-20-12-7-16(15-21(20)33-5-2)14-19-22(28)26-25(31)27(23(19)29)18-10-8-17(9-11-18)24(30)32-3/h7-12,14-15H,4-6,13H2,1-3H3,(H,26,28,31)/b19-14-. The Bertz CT molecular complexity index is 1120. The van der Waals surface area contributed by atoms with E-state index in [0.717, 1.165) is 17.7 Å². The number of unbranched alkanes of at least 4 members (excludes halogenated alkanes) is 1. The highest BCUT2D eigenvalue weighted by Crippen LogP contribution is 2.30. The highest BCUT2D eigenvalue weighted by atomic mass is 16.5. The molecule has 178 valence electrons. The number of amides is 4. The van der Waals surface area contributed by atoms with Crippen LogP contribution in [0.4, 0.5) is 10.5 Å². The van der Waals surface area contributed by atoms with Crippen LogP contribution >= 0.6 is 0 Å². The van der Waals surface area contributed by atoms with Crippen LogP contribution in [0.25, 0.3) is 6.08 Å². The third-order valence-electron chi connectivity index (χ3n) is 4.98. The second-order valence-corrected chi connectivity index (χ2v) is 7.34. The summed E-state index contributed by atoms with van der Waals surface area (Å²) in [6, 6.07) is 9.90. The fourth-order valence-electron chi connectivity index (χ4n) is 3.25. The monoisotopic (exact) mass is 466 g/mol. The van der Waals surface area contributed by atoms with Crippen molar-refractivity contribution in [2.24, 2.45) is 0 Å². The molecule has 0 bridgehead atoms. The molecule has 0 aliphatic carbocycles. The Morgan fingerprint density at radius 2 is 1.74 bits per heavy atom. The third-order valence-corrected chi connectivity index (χ3v) is 4.98. The van der Waals surface area contributed by atoms with E-state index < -0.39 is 23.8 Å². The maximum atomic E-state index is 13.1. The first-order valence-corrected chi connectivity index (χ1v) is 10.9. The Kier molecular flexibility index (Phi) is 8.02. The SMILES string of the molecule is CCCCOc1ccc(/C=C2/C(=O)NC(=O)N(c3ccc(C(=O)OC)cc3)C2=O)cc1OCC. The van der Waals surface area contributed by atoms with E-state index in [1.165, 1.54) is 37.5 Å². The molecule has 1 aliphatic heterocycles. The Labute approximate surface area is 197 Å². The summed E-state index contributed by atoms with van der Waals surface area (Å²) < 4.78 is 16.1. The molecule has 1 aliphatic rings. The zero-order valence-corrected chi connectivity index (χ0v) is 19.3. The van der Waals surface area contributed by atoms with Crippen molar-refractivity contribution in [3.63, 3.8) is 0 Å². The number of ether oxygens (including phenoxy) is 3. The number of nitrogens with one attached hydrogen (secondary N) is 1. The molecule has 0 spiro atoms. The minimum Gasteiger partial charge on any atom is -0.490 e. The Hall–Kier alpha value is -4.14. The summed E-state index contributed by atoms with van der Waals surface area (Å²) in [7, 11) is 1.25. The summed E-state index contributed by atoms with van der Waals surface area (Å²) in [4.78, 5) is 50.5. The lowest BCUT2D eigenvalue weighted by atomic mass is 10.1. The number of hydrogen-bond donors (Lipinski definition) is 1. The van der Waals surface area contributed by atoms with Gasteiger partial charge in [0.15, 0.2) is 11.5 Å². The molecule has 0 unspecified atom stereocenters. The van der Waals surface area contributed by atoms with Crippen molar-refractivity contribution in [1.82, 2.24) is 5.32 Å². The van der Waals surface area contributed by atoms with Crippen molar-refractivity contribution in [3.8, 4) is 11.5 Å². The minimum atomic E-state index is -0.882. The zero-order valence-electron chi connectivity index (χ0n) is 19.3. The van der Waals surface area contributed by atoms with Crippen molar-refractivity contribution < 1.29 is 33.4 Å². The lowest BCUT2D eigenvalue weighted by molar-refractivity contribution is -0.122. The molecule has 0 aromatic heterocycles. The molecule has 4 amide bonds. The number of esters is 1. The van der Waals surface area contributed by atoms with Crippen LogP contribution in [0, 0.1) is 0 Å². The van der Waals surface area contributed by atoms with Gasteiger partial charge in [-0.25, -0.2) is 14.5 Å². The topological polar surface area (TPSA) is 111 Å². The number of imide groups is 2. The van der Waals surface area contributed by atoms with Crippen LogP contribution in [0.1, 0.15) is 42.6 Å². The number of benzene rings is 2. The van der Waals surface area contributed by atoms with Crippen molar-refractivity contribution >= 4 is 35.6 Å². The van der Waals surface area contributed by atoms with Crippen LogP contribution in [0.5, 0.6) is 11.5 Å². The van der Waals surface area contributed by atoms with Gasteiger partial charge in [0, 0.05) is 0 Å². The number of barbiturate groups is 1. The molecule has 34 heavy (non-hydrogen) atoms. The van der Waals surface area contributed by atoms with Gasteiger partial charge in [-0.1, -0.05) is 19.4 Å². The highest BCUT2D eigenvalue weighted by Gasteiger charge is 2.36. The smallest absolute Gasteiger partial charge is 0.337 e. The van der Waals surface area contributed by atoms with Crippen molar-refractivity contribution in [3.05, 3.63) is 59.2 Å². The number of methoxy groups -OCH3 is 1. The molecule has 9 nitrogen and oxygen atoms in total. The molecule has 1 heterocycles. The molecule has 0 atom stereocenters. The van der Waals surface area contributed by atoms with E-state index in [9.17, 15) is 19.2 Å². The predicted molar refractivity (Wildman–Crippen MR) is 125 cm³/mol. The molecule has 1 N–H and O–H groups in total. The maximum Gasteiger partial charge on any atom is 0.337 e. The van der Waals surface area contributed by atoms with E-state index in [1.807, 2.05) is 6.92 Å². The average molecular weight is 466 g/mol. The van der Waals surface area contributed by atoms with Gasteiger partial charge in [0.05, 0.1) is 31.6 Å². The summed E-state index contributed by atoms with van der Waals surface area (Å²) in [6.07, 6.45) is 3.28. The third kappa shape index (κ3) is 5.43. The molecule has 2 aromatic rings. The molecular weight excluding hydrogens is 440 g/mol. The lowest BCUT2D eigenvalue weighted by Gasteiger charge is -2.26. The van der Waals surface area contributed by atoms with Gasteiger partial charge in [-0.2, -0.15) is 0 Å². The summed E-state index contributed by atoms with van der Waals surface area (Å²) in [5.41, 5.74) is 0.759. The van der Waals surface area contributed by atoms with Crippen LogP contribution < -0.4 is 19.7 Å². The van der Waals surface area contributed by atoms with Gasteiger partial charge in [-0.3, -0.25) is 14.9 Å². The van der Waals surface area contributed by atoms with Crippen LogP contribution in [0.15, 0.2) is 48.0 Å². The first-order chi connectivity index (χ1) is 16.4. The minimum absolute atomic E-state index is 0.197. The summed E-state index contributed by atoms with van der Waals surface area (Å²) in [6.45, 7) is 4.86. The molecule has 3 rings (SSSR count). The molecule has 1 saturated heterocycles. The fraction of sp³-hybridized carbons (Fsp3) is 0.280. The largest absolute Gasteiger partial charge is 0.490 e. The number of hydrogen-bond acceptors (Lipinski definition) is 7. The molecule has 2 aromatic carbocycles. The zero-order chi connectivity index (χ0) is 24.7. The Balaban J connectivity index is 1.91. The number of nitrogens with zero attached hydrogens (tertiary/aromatic N) is 1. The quantitative estimate of drug-likeness (QED) is 0.259. The van der Waals surface area contributed by atoms with Crippen molar-refractivity contribution in [1.29, 1.82) is 0 Å². The van der Waals surface area contributed by atoms with E-state index in [1.54, 1.807) is 18.2 Å². The van der Waals surface area contributed by atoms with Gasteiger partial charge in [-0.15, -0.1) is 0 Å². The van der Waals surface area contributed by atoms with Gasteiger partial charge >= 0.3 is 12.0 Å². The Morgan fingerprint density at radius 3 is 2.38 bits per heavy atom. The molecule has 0 saturated carbocycles. The van der Waals surface area contributed by atoms with Crippen LogP contribution in [0.2, 0.25) is 0 Å². The van der Waals surface area contributed by atoms with Gasteiger partial charge in [-0.05, 0) is 61.4 Å². The van der Waals surface area contributed by atoms with Gasteiger partial charge in [0.2, 0.25) is 0 Å². The molecule has 0 radical (unpaired) electrons. The first-order valence-electron chi connectivity index (χ1n) is 10.9. The predicted octanol–water partition coefficient (Wildman–Crippen LogP) is 3.72. The number of rotatable bonds is 9. The summed E-state index contributed by atoms with van der Waals surface area (Å²) in [5, 5.41) is 2.17. The Morgan fingerprint density at radius 1 is 1.00 bits per heavy atom. The number of urea groups is 1. The fourth-order valence-corrected chi connectivity index (χ4v) is 3.25. The summed E-state index contributed by atoms with van der Waals surface area (Å²) >= 11 is 0. The van der Waals surface area contributed by atoms with Crippen molar-refractivity contribution in [2.75, 3.05) is 25.2 Å². The van der Waals surface area contributed by atoms with Gasteiger partial charge in [0.1, 0.15) is 5.57 Å². The van der Waals surface area contributed by atoms with Gasteiger partial charge in [0.25, 0.3) is 11.8 Å². The van der Waals surface area contributed by atoms with Crippen LogP contribution in [0.3, 0.4) is 0 Å².